The predicted octanol–water partition coefficient (Wildman–Crippen LogP) is 2.03. The topological polar surface area (TPSA) is 36.3 Å². The van der Waals surface area contributed by atoms with Crippen molar-refractivity contribution in [1.29, 1.82) is 0 Å². The van der Waals surface area contributed by atoms with Crippen LogP contribution in [0.1, 0.15) is 11.6 Å². The number of nitrogens with zero attached hydrogens (tertiary/aromatic N) is 2. The van der Waals surface area contributed by atoms with Crippen LogP contribution in [-0.4, -0.2) is 23.0 Å². The molecule has 2 aromatic rings. The summed E-state index contributed by atoms with van der Waals surface area (Å²) in [4.78, 5) is 0. The summed E-state index contributed by atoms with van der Waals surface area (Å²) in [5, 5.41) is 4.22. The number of benzene rings is 1. The number of fused-ring (bicyclic) bond motifs is 1. The van der Waals surface area contributed by atoms with Gasteiger partial charge >= 0.3 is 0 Å². The average Bonchev–Trinajstić information content (AvgIpc) is 2.95. The van der Waals surface area contributed by atoms with E-state index in [0.29, 0.717) is 19.8 Å². The molecule has 0 saturated carbocycles. The van der Waals surface area contributed by atoms with E-state index in [2.05, 4.69) is 17.2 Å². The fourth-order valence-electron chi connectivity index (χ4n) is 1.95. The quantitative estimate of drug-likeness (QED) is 0.806. The first-order valence-corrected chi connectivity index (χ1v) is 5.71. The fourth-order valence-corrected chi connectivity index (χ4v) is 1.95. The molecule has 0 radical (unpaired) electrons. The number of aromatic nitrogens is 2. The third-order valence-corrected chi connectivity index (χ3v) is 2.83. The molecule has 1 aliphatic heterocycles. The summed E-state index contributed by atoms with van der Waals surface area (Å²) in [7, 11) is 0. The van der Waals surface area contributed by atoms with Crippen molar-refractivity contribution >= 4 is 0 Å². The van der Waals surface area contributed by atoms with Gasteiger partial charge in [-0.15, -0.1) is 0 Å². The van der Waals surface area contributed by atoms with E-state index in [1.165, 1.54) is 5.56 Å². The molecule has 0 aliphatic carbocycles. The highest BCUT2D eigenvalue weighted by atomic mass is 16.5. The molecule has 0 amide bonds. The van der Waals surface area contributed by atoms with Gasteiger partial charge in [-0.25, -0.2) is 4.68 Å². The summed E-state index contributed by atoms with van der Waals surface area (Å²) in [6.07, 6.45) is 1.75. The molecule has 0 N–H and O–H groups in total. The molecule has 4 nitrogen and oxygen atoms in total. The normalized spacial score (nSPS) is 17.8. The Balaban J connectivity index is 1.53. The first kappa shape index (κ1) is 10.4. The lowest BCUT2D eigenvalue weighted by Gasteiger charge is -2.10. The molecule has 17 heavy (non-hydrogen) atoms. The maximum absolute atomic E-state index is 5.69. The summed E-state index contributed by atoms with van der Waals surface area (Å²) >= 11 is 0. The van der Waals surface area contributed by atoms with Crippen LogP contribution in [0.15, 0.2) is 42.6 Å². The Morgan fingerprint density at radius 1 is 1.29 bits per heavy atom. The lowest BCUT2D eigenvalue weighted by atomic mass is 10.2. The molecule has 1 aromatic carbocycles. The van der Waals surface area contributed by atoms with E-state index < -0.39 is 0 Å². The monoisotopic (exact) mass is 230 g/mol. The first-order valence-electron chi connectivity index (χ1n) is 5.71. The Labute approximate surface area is 99.8 Å². The molecule has 4 heteroatoms. The van der Waals surface area contributed by atoms with Gasteiger partial charge in [0.25, 0.3) is 0 Å². The maximum Gasteiger partial charge on any atom is 0.212 e. The molecule has 1 aromatic heterocycles. The van der Waals surface area contributed by atoms with E-state index in [1.54, 1.807) is 6.20 Å². The standard InChI is InChI=1S/C13H14N2O2/c1-2-4-11(5-3-1)8-16-9-12-10-17-13-6-7-14-15(12)13/h1-7,12H,8-10H2. The third-order valence-electron chi connectivity index (χ3n) is 2.83. The van der Waals surface area contributed by atoms with Crippen molar-refractivity contribution in [3.8, 4) is 5.88 Å². The molecule has 88 valence electrons. The minimum absolute atomic E-state index is 0.198. The molecule has 1 unspecified atom stereocenters. The van der Waals surface area contributed by atoms with Gasteiger partial charge in [0.2, 0.25) is 5.88 Å². The van der Waals surface area contributed by atoms with Gasteiger partial charge in [-0.3, -0.25) is 0 Å². The molecule has 1 aliphatic rings. The van der Waals surface area contributed by atoms with Crippen LogP contribution in [0.25, 0.3) is 0 Å². The van der Waals surface area contributed by atoms with E-state index in [4.69, 9.17) is 9.47 Å². The minimum Gasteiger partial charge on any atom is -0.475 e. The van der Waals surface area contributed by atoms with Gasteiger partial charge < -0.3 is 9.47 Å². The van der Waals surface area contributed by atoms with Gasteiger partial charge in [0.15, 0.2) is 0 Å². The second-order valence-electron chi connectivity index (χ2n) is 4.08. The molecule has 0 spiro atoms. The zero-order chi connectivity index (χ0) is 11.5. The largest absolute Gasteiger partial charge is 0.475 e. The van der Waals surface area contributed by atoms with E-state index in [0.717, 1.165) is 5.88 Å². The molecule has 0 saturated heterocycles. The Hall–Kier alpha value is -1.81. The van der Waals surface area contributed by atoms with Gasteiger partial charge in [0, 0.05) is 6.07 Å². The van der Waals surface area contributed by atoms with Crippen LogP contribution in [0.5, 0.6) is 5.88 Å². The summed E-state index contributed by atoms with van der Waals surface area (Å²) in [5.74, 6) is 0.832. The average molecular weight is 230 g/mol. The lowest BCUT2D eigenvalue weighted by Crippen LogP contribution is -2.15. The molecule has 3 rings (SSSR count). The van der Waals surface area contributed by atoms with E-state index in [9.17, 15) is 0 Å². The number of hydrogen-bond donors (Lipinski definition) is 0. The molecule has 0 fully saturated rings. The summed E-state index contributed by atoms with van der Waals surface area (Å²) < 4.78 is 13.0. The minimum atomic E-state index is 0.198. The second kappa shape index (κ2) is 4.59. The Morgan fingerprint density at radius 2 is 2.18 bits per heavy atom. The molecule has 0 bridgehead atoms. The van der Waals surface area contributed by atoms with Crippen molar-refractivity contribution in [3.63, 3.8) is 0 Å². The smallest absolute Gasteiger partial charge is 0.212 e. The summed E-state index contributed by atoms with van der Waals surface area (Å²) in [6.45, 7) is 1.91. The number of rotatable bonds is 4. The van der Waals surface area contributed by atoms with Crippen LogP contribution in [0.4, 0.5) is 0 Å². The highest BCUT2D eigenvalue weighted by Gasteiger charge is 2.23. The van der Waals surface area contributed by atoms with Crippen LogP contribution in [-0.2, 0) is 11.3 Å². The van der Waals surface area contributed by atoms with Crippen molar-refractivity contribution < 1.29 is 9.47 Å². The SMILES string of the molecule is c1ccc(COCC2COc3ccnn32)cc1. The van der Waals surface area contributed by atoms with Crippen LogP contribution in [0.2, 0.25) is 0 Å². The van der Waals surface area contributed by atoms with Crippen molar-refractivity contribution in [1.82, 2.24) is 9.78 Å². The molecule has 2 heterocycles. The van der Waals surface area contributed by atoms with Crippen molar-refractivity contribution in [3.05, 3.63) is 48.2 Å². The van der Waals surface area contributed by atoms with Gasteiger partial charge in [-0.1, -0.05) is 30.3 Å². The molecule has 1 atom stereocenters. The molecular weight excluding hydrogens is 216 g/mol. The Bertz CT molecular complexity index is 481. The Morgan fingerprint density at radius 3 is 3.06 bits per heavy atom. The van der Waals surface area contributed by atoms with Crippen LogP contribution < -0.4 is 4.74 Å². The second-order valence-corrected chi connectivity index (χ2v) is 4.08. The lowest BCUT2D eigenvalue weighted by molar-refractivity contribution is 0.0851. The van der Waals surface area contributed by atoms with Crippen molar-refractivity contribution in [2.24, 2.45) is 0 Å². The van der Waals surface area contributed by atoms with Crippen LogP contribution >= 0.6 is 0 Å². The molecular formula is C13H14N2O2. The Kier molecular flexibility index (Phi) is 2.80. The van der Waals surface area contributed by atoms with E-state index in [1.807, 2.05) is 28.9 Å². The van der Waals surface area contributed by atoms with E-state index in [-0.39, 0.29) is 6.04 Å². The zero-order valence-corrected chi connectivity index (χ0v) is 9.45. The predicted molar refractivity (Wildman–Crippen MR) is 62.9 cm³/mol. The van der Waals surface area contributed by atoms with Crippen LogP contribution in [0, 0.1) is 0 Å². The number of hydrogen-bond acceptors (Lipinski definition) is 3. The first-order chi connectivity index (χ1) is 8.43. The highest BCUT2D eigenvalue weighted by Crippen LogP contribution is 2.24. The van der Waals surface area contributed by atoms with Gasteiger partial charge in [-0.05, 0) is 5.56 Å². The summed E-state index contributed by atoms with van der Waals surface area (Å²) in [6, 6.07) is 12.2. The van der Waals surface area contributed by atoms with Crippen LogP contribution in [0.3, 0.4) is 0 Å². The van der Waals surface area contributed by atoms with Gasteiger partial charge in [0.1, 0.15) is 12.6 Å². The fraction of sp³-hybridized carbons (Fsp3) is 0.308. The zero-order valence-electron chi connectivity index (χ0n) is 9.45. The highest BCUT2D eigenvalue weighted by molar-refractivity contribution is 5.14. The van der Waals surface area contributed by atoms with E-state index >= 15 is 0 Å². The van der Waals surface area contributed by atoms with Gasteiger partial charge in [0.05, 0.1) is 19.4 Å². The maximum atomic E-state index is 5.69. The number of ether oxygens (including phenoxy) is 2. The van der Waals surface area contributed by atoms with Crippen molar-refractivity contribution in [2.75, 3.05) is 13.2 Å². The summed E-state index contributed by atoms with van der Waals surface area (Å²) in [5.41, 5.74) is 1.19. The third kappa shape index (κ3) is 2.17. The van der Waals surface area contributed by atoms with Gasteiger partial charge in [-0.2, -0.15) is 5.10 Å². The van der Waals surface area contributed by atoms with Crippen molar-refractivity contribution in [2.45, 2.75) is 12.6 Å².